The fourth-order valence-electron chi connectivity index (χ4n) is 2.22. The molecule has 6 nitrogen and oxygen atoms in total. The van der Waals surface area contributed by atoms with Gasteiger partial charge in [-0.1, -0.05) is 6.92 Å². The van der Waals surface area contributed by atoms with E-state index in [0.29, 0.717) is 17.8 Å². The molecule has 1 aliphatic rings. The van der Waals surface area contributed by atoms with Crippen molar-refractivity contribution in [2.75, 3.05) is 54.2 Å². The van der Waals surface area contributed by atoms with Crippen molar-refractivity contribution in [2.45, 2.75) is 19.8 Å². The van der Waals surface area contributed by atoms with E-state index in [1.54, 1.807) is 0 Å². The second-order valence-corrected chi connectivity index (χ2v) is 6.08. The molecule has 2 heterocycles. The van der Waals surface area contributed by atoms with E-state index < -0.39 is 0 Å². The molecule has 1 fully saturated rings. The van der Waals surface area contributed by atoms with Crippen LogP contribution in [0.2, 0.25) is 0 Å². The lowest BCUT2D eigenvalue weighted by Gasteiger charge is -2.17. The standard InChI is InChI=1S/C13H24N6S/c1-10(9-20-3)8-15-12-16-11(14-2)17-13(18-12)19-6-4-5-7-19/h10H,4-9H2,1-3H3,(H2,14,15,16,17,18). The maximum atomic E-state index is 4.54. The van der Waals surface area contributed by atoms with Crippen LogP contribution in [0.4, 0.5) is 17.8 Å². The minimum atomic E-state index is 0.593. The van der Waals surface area contributed by atoms with Crippen molar-refractivity contribution in [3.05, 3.63) is 0 Å². The van der Waals surface area contributed by atoms with Gasteiger partial charge in [0.05, 0.1) is 0 Å². The lowest BCUT2D eigenvalue weighted by Crippen LogP contribution is -2.23. The summed E-state index contributed by atoms with van der Waals surface area (Å²) in [5, 5.41) is 6.34. The Morgan fingerprint density at radius 2 is 1.90 bits per heavy atom. The molecule has 0 aromatic carbocycles. The van der Waals surface area contributed by atoms with Crippen LogP contribution in [0, 0.1) is 5.92 Å². The van der Waals surface area contributed by atoms with Gasteiger partial charge < -0.3 is 15.5 Å². The summed E-state index contributed by atoms with van der Waals surface area (Å²) in [5.41, 5.74) is 0. The summed E-state index contributed by atoms with van der Waals surface area (Å²) in [6, 6.07) is 0. The largest absolute Gasteiger partial charge is 0.357 e. The van der Waals surface area contributed by atoms with Crippen molar-refractivity contribution < 1.29 is 0 Å². The van der Waals surface area contributed by atoms with Crippen LogP contribution in [-0.2, 0) is 0 Å². The highest BCUT2D eigenvalue weighted by molar-refractivity contribution is 7.98. The second-order valence-electron chi connectivity index (χ2n) is 5.17. The van der Waals surface area contributed by atoms with Crippen LogP contribution < -0.4 is 15.5 Å². The predicted octanol–water partition coefficient (Wildman–Crippen LogP) is 1.92. The number of anilines is 3. The van der Waals surface area contributed by atoms with E-state index in [0.717, 1.165) is 31.3 Å². The Morgan fingerprint density at radius 3 is 2.55 bits per heavy atom. The van der Waals surface area contributed by atoms with Crippen LogP contribution in [0.5, 0.6) is 0 Å². The molecular formula is C13H24N6S. The minimum absolute atomic E-state index is 0.593. The zero-order valence-corrected chi connectivity index (χ0v) is 13.3. The summed E-state index contributed by atoms with van der Waals surface area (Å²) in [6.07, 6.45) is 4.56. The third kappa shape index (κ3) is 4.13. The van der Waals surface area contributed by atoms with Gasteiger partial charge in [0, 0.05) is 26.7 Å². The van der Waals surface area contributed by atoms with Crippen LogP contribution in [0.25, 0.3) is 0 Å². The van der Waals surface area contributed by atoms with Gasteiger partial charge in [0.15, 0.2) is 0 Å². The van der Waals surface area contributed by atoms with Gasteiger partial charge in [-0.25, -0.2) is 0 Å². The molecule has 1 unspecified atom stereocenters. The molecule has 1 aromatic heterocycles. The Kier molecular flexibility index (Phi) is 5.70. The summed E-state index contributed by atoms with van der Waals surface area (Å²) in [7, 11) is 1.84. The molecule has 0 aliphatic carbocycles. The zero-order valence-electron chi connectivity index (χ0n) is 12.5. The van der Waals surface area contributed by atoms with E-state index in [4.69, 9.17) is 0 Å². The van der Waals surface area contributed by atoms with Crippen molar-refractivity contribution in [2.24, 2.45) is 5.92 Å². The number of nitrogens with one attached hydrogen (secondary N) is 2. The molecule has 1 aliphatic heterocycles. The second kappa shape index (κ2) is 7.52. The van der Waals surface area contributed by atoms with Crippen molar-refractivity contribution in [3.8, 4) is 0 Å². The molecule has 2 rings (SSSR count). The van der Waals surface area contributed by atoms with Gasteiger partial charge in [-0.2, -0.15) is 26.7 Å². The number of hydrogen-bond acceptors (Lipinski definition) is 7. The quantitative estimate of drug-likeness (QED) is 0.797. The monoisotopic (exact) mass is 296 g/mol. The Labute approximate surface area is 125 Å². The van der Waals surface area contributed by atoms with Crippen molar-refractivity contribution >= 4 is 29.6 Å². The lowest BCUT2D eigenvalue weighted by molar-refractivity contribution is 0.696. The third-order valence-electron chi connectivity index (χ3n) is 3.30. The molecule has 1 atom stereocenters. The first-order valence-corrected chi connectivity index (χ1v) is 8.54. The molecular weight excluding hydrogens is 272 g/mol. The molecule has 0 bridgehead atoms. The summed E-state index contributed by atoms with van der Waals surface area (Å²) in [4.78, 5) is 15.6. The van der Waals surface area contributed by atoms with Gasteiger partial charge >= 0.3 is 0 Å². The lowest BCUT2D eigenvalue weighted by atomic mass is 10.2. The molecule has 2 N–H and O–H groups in total. The van der Waals surface area contributed by atoms with E-state index in [2.05, 4.69) is 43.7 Å². The number of aromatic nitrogens is 3. The Hall–Kier alpha value is -1.24. The summed E-state index contributed by atoms with van der Waals surface area (Å²) in [6.45, 7) is 5.18. The van der Waals surface area contributed by atoms with Gasteiger partial charge in [0.2, 0.25) is 17.8 Å². The minimum Gasteiger partial charge on any atom is -0.357 e. The zero-order chi connectivity index (χ0) is 14.4. The van der Waals surface area contributed by atoms with Crippen LogP contribution in [0.3, 0.4) is 0 Å². The summed E-state index contributed by atoms with van der Waals surface area (Å²) >= 11 is 1.86. The molecule has 20 heavy (non-hydrogen) atoms. The number of thioether (sulfide) groups is 1. The molecule has 0 amide bonds. The predicted molar refractivity (Wildman–Crippen MR) is 86.9 cm³/mol. The van der Waals surface area contributed by atoms with Crippen molar-refractivity contribution in [1.82, 2.24) is 15.0 Å². The van der Waals surface area contributed by atoms with Crippen LogP contribution in [0.1, 0.15) is 19.8 Å². The molecule has 7 heteroatoms. The Balaban J connectivity index is 2.05. The normalized spacial score (nSPS) is 16.2. The maximum absolute atomic E-state index is 4.54. The summed E-state index contributed by atoms with van der Waals surface area (Å²) in [5.74, 6) is 3.80. The highest BCUT2D eigenvalue weighted by atomic mass is 32.2. The summed E-state index contributed by atoms with van der Waals surface area (Å²) < 4.78 is 0. The Bertz CT molecular complexity index is 421. The number of nitrogens with zero attached hydrogens (tertiary/aromatic N) is 4. The number of rotatable bonds is 7. The third-order valence-corrected chi connectivity index (χ3v) is 4.20. The first-order chi connectivity index (χ1) is 9.72. The van der Waals surface area contributed by atoms with E-state index in [-0.39, 0.29) is 0 Å². The topological polar surface area (TPSA) is 66.0 Å². The first-order valence-electron chi connectivity index (χ1n) is 7.14. The van der Waals surface area contributed by atoms with E-state index in [9.17, 15) is 0 Å². The molecule has 0 radical (unpaired) electrons. The molecule has 112 valence electrons. The van der Waals surface area contributed by atoms with Crippen molar-refractivity contribution in [3.63, 3.8) is 0 Å². The van der Waals surface area contributed by atoms with E-state index in [1.165, 1.54) is 12.8 Å². The maximum Gasteiger partial charge on any atom is 0.231 e. The molecule has 1 aromatic rings. The van der Waals surface area contributed by atoms with Gasteiger partial charge in [-0.05, 0) is 30.8 Å². The van der Waals surface area contributed by atoms with E-state index in [1.807, 2.05) is 18.8 Å². The van der Waals surface area contributed by atoms with Crippen LogP contribution in [-0.4, -0.2) is 53.6 Å². The number of hydrogen-bond donors (Lipinski definition) is 2. The van der Waals surface area contributed by atoms with Crippen LogP contribution >= 0.6 is 11.8 Å². The van der Waals surface area contributed by atoms with E-state index >= 15 is 0 Å². The average Bonchev–Trinajstić information content (AvgIpc) is 2.99. The molecule has 0 spiro atoms. The van der Waals surface area contributed by atoms with Crippen LogP contribution in [0.15, 0.2) is 0 Å². The van der Waals surface area contributed by atoms with Crippen molar-refractivity contribution in [1.29, 1.82) is 0 Å². The fourth-order valence-corrected chi connectivity index (χ4v) is 2.91. The molecule has 0 saturated carbocycles. The highest BCUT2D eigenvalue weighted by Crippen LogP contribution is 2.18. The Morgan fingerprint density at radius 1 is 1.20 bits per heavy atom. The smallest absolute Gasteiger partial charge is 0.231 e. The van der Waals surface area contributed by atoms with Gasteiger partial charge in [0.25, 0.3) is 0 Å². The highest BCUT2D eigenvalue weighted by Gasteiger charge is 2.17. The average molecular weight is 296 g/mol. The SMILES string of the molecule is CNc1nc(NCC(C)CSC)nc(N2CCCC2)n1. The van der Waals surface area contributed by atoms with Gasteiger partial charge in [-0.3, -0.25) is 0 Å². The fraction of sp³-hybridized carbons (Fsp3) is 0.769. The molecule has 1 saturated heterocycles. The van der Waals surface area contributed by atoms with Gasteiger partial charge in [0.1, 0.15) is 0 Å². The van der Waals surface area contributed by atoms with Gasteiger partial charge in [-0.15, -0.1) is 0 Å². The first kappa shape index (κ1) is 15.2.